The van der Waals surface area contributed by atoms with Gasteiger partial charge in [0.1, 0.15) is 9.77 Å². The lowest BCUT2D eigenvalue weighted by atomic mass is 10.2. The average molecular weight is 291 g/mol. The van der Waals surface area contributed by atoms with E-state index in [1.54, 1.807) is 0 Å². The molecule has 6 nitrogen and oxygen atoms in total. The Labute approximate surface area is 109 Å². The van der Waals surface area contributed by atoms with Crippen molar-refractivity contribution in [1.29, 1.82) is 0 Å². The predicted octanol–water partition coefficient (Wildman–Crippen LogP) is 0.592. The summed E-state index contributed by atoms with van der Waals surface area (Å²) in [5.74, 6) is -1.25. The highest BCUT2D eigenvalue weighted by Gasteiger charge is 2.37. The highest BCUT2D eigenvalue weighted by atomic mass is 32.2. The largest absolute Gasteiger partial charge is 0.477 e. The first-order valence-electron chi connectivity index (χ1n) is 5.42. The SMILES string of the molecule is O=C(O)c1sccc1S(=O)(=O)N1CCCC1CO. The van der Waals surface area contributed by atoms with E-state index in [-0.39, 0.29) is 16.4 Å². The van der Waals surface area contributed by atoms with Gasteiger partial charge in [-0.05, 0) is 24.3 Å². The van der Waals surface area contributed by atoms with Crippen molar-refractivity contribution >= 4 is 27.3 Å². The quantitative estimate of drug-likeness (QED) is 0.846. The fraction of sp³-hybridized carbons (Fsp3) is 0.500. The first kappa shape index (κ1) is 13.5. The molecule has 1 aliphatic rings. The van der Waals surface area contributed by atoms with Crippen LogP contribution in [0, 0.1) is 0 Å². The Balaban J connectivity index is 2.42. The van der Waals surface area contributed by atoms with Gasteiger partial charge in [-0.15, -0.1) is 11.3 Å². The molecule has 0 aliphatic carbocycles. The van der Waals surface area contributed by atoms with Gasteiger partial charge < -0.3 is 10.2 Å². The summed E-state index contributed by atoms with van der Waals surface area (Å²) in [6, 6.07) is 0.854. The molecule has 0 spiro atoms. The van der Waals surface area contributed by atoms with E-state index in [0.29, 0.717) is 19.4 Å². The fourth-order valence-electron chi connectivity index (χ4n) is 2.09. The summed E-state index contributed by atoms with van der Waals surface area (Å²) in [4.78, 5) is 10.6. The van der Waals surface area contributed by atoms with E-state index in [9.17, 15) is 13.2 Å². The van der Waals surface area contributed by atoms with Crippen molar-refractivity contribution in [2.24, 2.45) is 0 Å². The molecule has 1 aromatic rings. The van der Waals surface area contributed by atoms with Crippen LogP contribution in [-0.4, -0.2) is 48.1 Å². The molecule has 100 valence electrons. The van der Waals surface area contributed by atoms with Crippen LogP contribution in [0.3, 0.4) is 0 Å². The minimum Gasteiger partial charge on any atom is -0.477 e. The van der Waals surface area contributed by atoms with Crippen LogP contribution in [0.5, 0.6) is 0 Å². The van der Waals surface area contributed by atoms with Gasteiger partial charge in [-0.2, -0.15) is 4.31 Å². The van der Waals surface area contributed by atoms with E-state index >= 15 is 0 Å². The van der Waals surface area contributed by atoms with Gasteiger partial charge >= 0.3 is 5.97 Å². The highest BCUT2D eigenvalue weighted by Crippen LogP contribution is 2.30. The van der Waals surface area contributed by atoms with E-state index in [1.165, 1.54) is 15.8 Å². The van der Waals surface area contributed by atoms with Crippen molar-refractivity contribution in [3.63, 3.8) is 0 Å². The second kappa shape index (κ2) is 4.96. The Morgan fingerprint density at radius 2 is 2.28 bits per heavy atom. The third kappa shape index (κ3) is 2.16. The molecule has 0 aromatic carbocycles. The van der Waals surface area contributed by atoms with Crippen LogP contribution in [0.25, 0.3) is 0 Å². The molecule has 8 heteroatoms. The minimum absolute atomic E-state index is 0.180. The van der Waals surface area contributed by atoms with Gasteiger partial charge in [0.15, 0.2) is 0 Å². The van der Waals surface area contributed by atoms with Crippen molar-refractivity contribution in [2.45, 2.75) is 23.8 Å². The molecule has 1 saturated heterocycles. The van der Waals surface area contributed by atoms with Gasteiger partial charge in [0, 0.05) is 12.6 Å². The molecule has 18 heavy (non-hydrogen) atoms. The van der Waals surface area contributed by atoms with E-state index in [1.807, 2.05) is 0 Å². The molecule has 0 amide bonds. The number of nitrogens with zero attached hydrogens (tertiary/aromatic N) is 1. The van der Waals surface area contributed by atoms with Crippen molar-refractivity contribution in [1.82, 2.24) is 4.31 Å². The maximum absolute atomic E-state index is 12.3. The molecular formula is C10H13NO5S2. The number of thiophene rings is 1. The number of hydrogen-bond acceptors (Lipinski definition) is 5. The van der Waals surface area contributed by atoms with Gasteiger partial charge in [-0.1, -0.05) is 0 Å². The first-order chi connectivity index (χ1) is 8.48. The summed E-state index contributed by atoms with van der Waals surface area (Å²) in [5, 5.41) is 19.6. The molecule has 1 fully saturated rings. The maximum atomic E-state index is 12.3. The maximum Gasteiger partial charge on any atom is 0.347 e. The Kier molecular flexibility index (Phi) is 3.71. The molecular weight excluding hydrogens is 278 g/mol. The summed E-state index contributed by atoms with van der Waals surface area (Å²) in [6.45, 7) is 0.0776. The fourth-order valence-corrected chi connectivity index (χ4v) is 5.01. The lowest BCUT2D eigenvalue weighted by molar-refractivity contribution is 0.0698. The Morgan fingerprint density at radius 3 is 2.89 bits per heavy atom. The van der Waals surface area contributed by atoms with Crippen molar-refractivity contribution in [3.05, 3.63) is 16.3 Å². The smallest absolute Gasteiger partial charge is 0.347 e. The van der Waals surface area contributed by atoms with Crippen molar-refractivity contribution in [2.75, 3.05) is 13.2 Å². The van der Waals surface area contributed by atoms with E-state index < -0.39 is 22.0 Å². The van der Waals surface area contributed by atoms with Gasteiger partial charge in [-0.25, -0.2) is 13.2 Å². The van der Waals surface area contributed by atoms with E-state index in [2.05, 4.69) is 0 Å². The van der Waals surface area contributed by atoms with Crippen LogP contribution in [0.4, 0.5) is 0 Å². The van der Waals surface area contributed by atoms with Gasteiger partial charge in [0.05, 0.1) is 6.61 Å². The molecule has 1 aliphatic heterocycles. The first-order valence-corrected chi connectivity index (χ1v) is 7.74. The van der Waals surface area contributed by atoms with Crippen LogP contribution in [-0.2, 0) is 10.0 Å². The number of aromatic carboxylic acids is 1. The number of carbonyl (C=O) groups is 1. The molecule has 1 unspecified atom stereocenters. The molecule has 1 atom stereocenters. The number of aliphatic hydroxyl groups is 1. The van der Waals surface area contributed by atoms with Crippen molar-refractivity contribution < 1.29 is 23.4 Å². The van der Waals surface area contributed by atoms with Crippen LogP contribution in [0.15, 0.2) is 16.3 Å². The number of carboxylic acids is 1. The van der Waals surface area contributed by atoms with Crippen LogP contribution < -0.4 is 0 Å². The lowest BCUT2D eigenvalue weighted by Crippen LogP contribution is -2.37. The number of sulfonamides is 1. The molecule has 2 rings (SSSR count). The molecule has 2 N–H and O–H groups in total. The Morgan fingerprint density at radius 1 is 1.56 bits per heavy atom. The number of hydrogen-bond donors (Lipinski definition) is 2. The number of aliphatic hydroxyl groups excluding tert-OH is 1. The monoisotopic (exact) mass is 291 g/mol. The normalized spacial score (nSPS) is 21.3. The summed E-state index contributed by atoms with van der Waals surface area (Å²) in [5.41, 5.74) is 0. The van der Waals surface area contributed by atoms with E-state index in [0.717, 1.165) is 11.3 Å². The zero-order chi connectivity index (χ0) is 13.3. The van der Waals surface area contributed by atoms with Crippen LogP contribution in [0.2, 0.25) is 0 Å². The minimum atomic E-state index is -3.83. The summed E-state index contributed by atoms with van der Waals surface area (Å²) >= 11 is 0.884. The lowest BCUT2D eigenvalue weighted by Gasteiger charge is -2.22. The van der Waals surface area contributed by atoms with Gasteiger partial charge in [-0.3, -0.25) is 0 Å². The standard InChI is InChI=1S/C10H13NO5S2/c12-6-7-2-1-4-11(7)18(15,16)8-3-5-17-9(8)10(13)14/h3,5,7,12H,1-2,4,6H2,(H,13,14). The third-order valence-corrected chi connectivity index (χ3v) is 5.97. The Bertz CT molecular complexity index is 550. The molecule has 0 radical (unpaired) electrons. The van der Waals surface area contributed by atoms with Crippen LogP contribution in [0.1, 0.15) is 22.5 Å². The molecule has 2 heterocycles. The van der Waals surface area contributed by atoms with Gasteiger partial charge in [0.2, 0.25) is 10.0 Å². The molecule has 1 aromatic heterocycles. The van der Waals surface area contributed by atoms with Crippen LogP contribution >= 0.6 is 11.3 Å². The second-order valence-corrected chi connectivity index (χ2v) is 6.79. The second-order valence-electron chi connectivity index (χ2n) is 4.01. The third-order valence-electron chi connectivity index (χ3n) is 2.94. The van der Waals surface area contributed by atoms with E-state index in [4.69, 9.17) is 10.2 Å². The topological polar surface area (TPSA) is 94.9 Å². The zero-order valence-electron chi connectivity index (χ0n) is 9.44. The molecule has 0 bridgehead atoms. The number of rotatable bonds is 4. The molecule has 0 saturated carbocycles. The van der Waals surface area contributed by atoms with Crippen molar-refractivity contribution in [3.8, 4) is 0 Å². The average Bonchev–Trinajstić information content (AvgIpc) is 2.98. The summed E-state index contributed by atoms with van der Waals surface area (Å²) < 4.78 is 25.9. The summed E-state index contributed by atoms with van der Waals surface area (Å²) in [7, 11) is -3.83. The Hall–Kier alpha value is -0.960. The van der Waals surface area contributed by atoms with Gasteiger partial charge in [0.25, 0.3) is 0 Å². The summed E-state index contributed by atoms with van der Waals surface area (Å²) in [6.07, 6.45) is 1.28. The highest BCUT2D eigenvalue weighted by molar-refractivity contribution is 7.89. The zero-order valence-corrected chi connectivity index (χ0v) is 11.1. The number of carboxylic acid groups (broad SMARTS) is 1. The predicted molar refractivity (Wildman–Crippen MR) is 65.3 cm³/mol.